The van der Waals surface area contributed by atoms with Gasteiger partial charge in [-0.3, -0.25) is 4.99 Å². The molecule has 0 aromatic heterocycles. The third-order valence-corrected chi connectivity index (χ3v) is 4.01. The quantitative estimate of drug-likeness (QED) is 0.327. The Morgan fingerprint density at radius 2 is 2.05 bits per heavy atom. The van der Waals surface area contributed by atoms with E-state index in [1.54, 1.807) is 0 Å². The van der Waals surface area contributed by atoms with Gasteiger partial charge in [0.15, 0.2) is 5.96 Å². The summed E-state index contributed by atoms with van der Waals surface area (Å²) in [5, 5.41) is 6.88. The molecular formula is C17H28IN3. The van der Waals surface area contributed by atoms with E-state index in [0.717, 1.165) is 18.4 Å². The lowest BCUT2D eigenvalue weighted by Gasteiger charge is -2.19. The van der Waals surface area contributed by atoms with Crippen LogP contribution in [0.5, 0.6) is 0 Å². The minimum Gasteiger partial charge on any atom is -0.356 e. The summed E-state index contributed by atoms with van der Waals surface area (Å²) in [5.41, 5.74) is 2.64. The standard InChI is InChI=1S/C17H27N3.HI/c1-13-7-4-5-9-16(13)14(2)20-17(18-3)19-12-6-8-15-10-11-15;/h4-5,7,9,14-15H,6,8,10-12H2,1-3H3,(H2,18,19,20);1H. The fourth-order valence-electron chi connectivity index (χ4n) is 2.55. The van der Waals surface area contributed by atoms with Crippen molar-refractivity contribution in [3.63, 3.8) is 0 Å². The molecule has 1 unspecified atom stereocenters. The molecule has 1 aromatic carbocycles. The number of hydrogen-bond donors (Lipinski definition) is 2. The average Bonchev–Trinajstić information content (AvgIpc) is 3.26. The summed E-state index contributed by atoms with van der Waals surface area (Å²) >= 11 is 0. The number of hydrogen-bond acceptors (Lipinski definition) is 1. The zero-order valence-electron chi connectivity index (χ0n) is 13.4. The minimum atomic E-state index is 0. The SMILES string of the molecule is CN=C(NCCCC1CC1)NC(C)c1ccccc1C.I. The van der Waals surface area contributed by atoms with Crippen molar-refractivity contribution >= 4 is 29.9 Å². The number of rotatable bonds is 6. The van der Waals surface area contributed by atoms with Crippen LogP contribution in [0.4, 0.5) is 0 Å². The molecule has 1 aliphatic carbocycles. The van der Waals surface area contributed by atoms with Crippen molar-refractivity contribution in [3.05, 3.63) is 35.4 Å². The highest BCUT2D eigenvalue weighted by Crippen LogP contribution is 2.33. The molecule has 2 N–H and O–H groups in total. The normalized spacial score (nSPS) is 16.0. The summed E-state index contributed by atoms with van der Waals surface area (Å²) < 4.78 is 0. The van der Waals surface area contributed by atoms with Crippen LogP contribution in [0.15, 0.2) is 29.3 Å². The van der Waals surface area contributed by atoms with Crippen LogP contribution in [0.1, 0.15) is 49.8 Å². The molecule has 0 amide bonds. The minimum absolute atomic E-state index is 0. The molecule has 1 aromatic rings. The first-order valence-electron chi connectivity index (χ1n) is 7.73. The van der Waals surface area contributed by atoms with Crippen LogP contribution in [0.3, 0.4) is 0 Å². The number of nitrogens with one attached hydrogen (secondary N) is 2. The lowest BCUT2D eigenvalue weighted by molar-refractivity contribution is 0.630. The van der Waals surface area contributed by atoms with Crippen molar-refractivity contribution in [2.75, 3.05) is 13.6 Å². The van der Waals surface area contributed by atoms with Gasteiger partial charge >= 0.3 is 0 Å². The van der Waals surface area contributed by atoms with Gasteiger partial charge in [0.05, 0.1) is 6.04 Å². The van der Waals surface area contributed by atoms with Gasteiger partial charge in [0.1, 0.15) is 0 Å². The maximum Gasteiger partial charge on any atom is 0.191 e. The van der Waals surface area contributed by atoms with Crippen molar-refractivity contribution < 1.29 is 0 Å². The van der Waals surface area contributed by atoms with Crippen LogP contribution < -0.4 is 10.6 Å². The van der Waals surface area contributed by atoms with Gasteiger partial charge in [0.25, 0.3) is 0 Å². The Morgan fingerprint density at radius 1 is 1.33 bits per heavy atom. The Labute approximate surface area is 146 Å². The molecule has 0 spiro atoms. The zero-order chi connectivity index (χ0) is 14.4. The first-order valence-corrected chi connectivity index (χ1v) is 7.73. The van der Waals surface area contributed by atoms with E-state index in [-0.39, 0.29) is 30.0 Å². The van der Waals surface area contributed by atoms with Crippen molar-refractivity contribution in [2.24, 2.45) is 10.9 Å². The second-order valence-corrected chi connectivity index (χ2v) is 5.81. The number of guanidine groups is 1. The molecule has 1 saturated carbocycles. The smallest absolute Gasteiger partial charge is 0.191 e. The van der Waals surface area contributed by atoms with Crippen LogP contribution in [0.2, 0.25) is 0 Å². The third kappa shape index (κ3) is 6.24. The number of benzene rings is 1. The predicted molar refractivity (Wildman–Crippen MR) is 101 cm³/mol. The molecule has 0 aliphatic heterocycles. The topological polar surface area (TPSA) is 36.4 Å². The van der Waals surface area contributed by atoms with Crippen LogP contribution in [-0.4, -0.2) is 19.6 Å². The summed E-state index contributed by atoms with van der Waals surface area (Å²) in [6, 6.07) is 8.76. The largest absolute Gasteiger partial charge is 0.356 e. The van der Waals surface area contributed by atoms with E-state index in [2.05, 4.69) is 53.7 Å². The molecule has 0 radical (unpaired) electrons. The molecule has 1 aliphatic rings. The van der Waals surface area contributed by atoms with Gasteiger partial charge in [-0.05, 0) is 43.7 Å². The van der Waals surface area contributed by atoms with E-state index in [0.29, 0.717) is 0 Å². The maximum absolute atomic E-state index is 4.31. The highest BCUT2D eigenvalue weighted by atomic mass is 127. The van der Waals surface area contributed by atoms with Gasteiger partial charge in [-0.15, -0.1) is 24.0 Å². The average molecular weight is 401 g/mol. The Kier molecular flexibility index (Phi) is 8.07. The Morgan fingerprint density at radius 3 is 2.67 bits per heavy atom. The second kappa shape index (κ2) is 9.28. The van der Waals surface area contributed by atoms with Gasteiger partial charge in [0, 0.05) is 13.6 Å². The van der Waals surface area contributed by atoms with E-state index >= 15 is 0 Å². The fraction of sp³-hybridized carbons (Fsp3) is 0.588. The number of nitrogens with zero attached hydrogens (tertiary/aromatic N) is 1. The fourth-order valence-corrected chi connectivity index (χ4v) is 2.55. The van der Waals surface area contributed by atoms with Crippen molar-refractivity contribution in [3.8, 4) is 0 Å². The van der Waals surface area contributed by atoms with E-state index in [9.17, 15) is 0 Å². The Hall–Kier alpha value is -0.780. The Balaban J connectivity index is 0.00000220. The monoisotopic (exact) mass is 401 g/mol. The van der Waals surface area contributed by atoms with Crippen LogP contribution >= 0.6 is 24.0 Å². The van der Waals surface area contributed by atoms with Crippen molar-refractivity contribution in [1.29, 1.82) is 0 Å². The lowest BCUT2D eigenvalue weighted by Crippen LogP contribution is -2.39. The van der Waals surface area contributed by atoms with E-state index in [4.69, 9.17) is 0 Å². The molecular weight excluding hydrogens is 373 g/mol. The molecule has 3 nitrogen and oxygen atoms in total. The number of halogens is 1. The maximum atomic E-state index is 4.31. The summed E-state index contributed by atoms with van der Waals surface area (Å²) in [4.78, 5) is 4.31. The molecule has 4 heteroatoms. The molecule has 1 atom stereocenters. The van der Waals surface area contributed by atoms with Crippen LogP contribution in [0.25, 0.3) is 0 Å². The van der Waals surface area contributed by atoms with Gasteiger partial charge in [0.2, 0.25) is 0 Å². The van der Waals surface area contributed by atoms with Gasteiger partial charge in [-0.25, -0.2) is 0 Å². The van der Waals surface area contributed by atoms with Crippen molar-refractivity contribution in [1.82, 2.24) is 10.6 Å². The van der Waals surface area contributed by atoms with E-state index in [1.807, 2.05) is 7.05 Å². The molecule has 118 valence electrons. The highest BCUT2D eigenvalue weighted by Gasteiger charge is 2.20. The third-order valence-electron chi connectivity index (χ3n) is 4.01. The second-order valence-electron chi connectivity index (χ2n) is 5.81. The Bertz CT molecular complexity index is 455. The van der Waals surface area contributed by atoms with Gasteiger partial charge in [-0.1, -0.05) is 37.1 Å². The zero-order valence-corrected chi connectivity index (χ0v) is 15.7. The van der Waals surface area contributed by atoms with Crippen molar-refractivity contribution in [2.45, 2.75) is 45.6 Å². The van der Waals surface area contributed by atoms with E-state index in [1.165, 1.54) is 36.8 Å². The summed E-state index contributed by atoms with van der Waals surface area (Å²) in [5.74, 6) is 1.91. The summed E-state index contributed by atoms with van der Waals surface area (Å²) in [6.07, 6.45) is 5.48. The number of aliphatic imine (C=N–C) groups is 1. The molecule has 1 fully saturated rings. The highest BCUT2D eigenvalue weighted by molar-refractivity contribution is 14.0. The van der Waals surface area contributed by atoms with Crippen LogP contribution in [-0.2, 0) is 0 Å². The lowest BCUT2D eigenvalue weighted by atomic mass is 10.0. The molecule has 21 heavy (non-hydrogen) atoms. The van der Waals surface area contributed by atoms with E-state index < -0.39 is 0 Å². The van der Waals surface area contributed by atoms with Crippen LogP contribution in [0, 0.1) is 12.8 Å². The predicted octanol–water partition coefficient (Wildman–Crippen LogP) is 4.03. The van der Waals surface area contributed by atoms with Gasteiger partial charge in [-0.2, -0.15) is 0 Å². The molecule has 0 heterocycles. The molecule has 0 saturated heterocycles. The first kappa shape index (κ1) is 18.3. The first-order chi connectivity index (χ1) is 9.70. The molecule has 2 rings (SSSR count). The summed E-state index contributed by atoms with van der Waals surface area (Å²) in [6.45, 7) is 5.34. The number of aryl methyl sites for hydroxylation is 1. The summed E-state index contributed by atoms with van der Waals surface area (Å²) in [7, 11) is 1.83. The molecule has 0 bridgehead atoms. The van der Waals surface area contributed by atoms with Gasteiger partial charge < -0.3 is 10.6 Å².